The number of nitrogens with one attached hydrogen (secondary N) is 1. The summed E-state index contributed by atoms with van der Waals surface area (Å²) >= 11 is 0. The van der Waals surface area contributed by atoms with Crippen molar-refractivity contribution in [3.8, 4) is 5.75 Å². The Morgan fingerprint density at radius 2 is 2.15 bits per heavy atom. The van der Waals surface area contributed by atoms with Crippen LogP contribution in [-0.2, 0) is 9.47 Å². The second kappa shape index (κ2) is 6.96. The third-order valence-corrected chi connectivity index (χ3v) is 5.20. The first-order valence-electron chi connectivity index (χ1n) is 8.81. The summed E-state index contributed by atoms with van der Waals surface area (Å²) in [6.07, 6.45) is 3.67. The molecule has 1 N–H and O–H groups in total. The van der Waals surface area contributed by atoms with Crippen molar-refractivity contribution >= 4 is 11.7 Å². The number of pyridine rings is 1. The lowest BCUT2D eigenvalue weighted by Gasteiger charge is -2.43. The summed E-state index contributed by atoms with van der Waals surface area (Å²) in [6, 6.07) is 9.71. The molecular weight excluding hydrogens is 332 g/mol. The SMILES string of the molecule is COC(=O)c1ccc([C@H]2Nc3ccc(OC)cc3[C@@H]3OCCC[C@H]23)nc1. The van der Waals surface area contributed by atoms with Crippen molar-refractivity contribution < 1.29 is 19.0 Å². The van der Waals surface area contributed by atoms with E-state index in [2.05, 4.69) is 16.4 Å². The predicted molar refractivity (Wildman–Crippen MR) is 96.4 cm³/mol. The molecule has 2 aliphatic heterocycles. The van der Waals surface area contributed by atoms with Crippen LogP contribution in [0.1, 0.15) is 46.6 Å². The Bertz CT molecular complexity index is 806. The molecule has 1 fully saturated rings. The van der Waals surface area contributed by atoms with Crippen molar-refractivity contribution in [2.45, 2.75) is 25.0 Å². The van der Waals surface area contributed by atoms with E-state index >= 15 is 0 Å². The van der Waals surface area contributed by atoms with E-state index < -0.39 is 0 Å². The van der Waals surface area contributed by atoms with Gasteiger partial charge in [0.15, 0.2) is 0 Å². The van der Waals surface area contributed by atoms with Crippen molar-refractivity contribution in [3.63, 3.8) is 0 Å². The van der Waals surface area contributed by atoms with E-state index in [9.17, 15) is 4.79 Å². The van der Waals surface area contributed by atoms with Crippen LogP contribution in [0.3, 0.4) is 0 Å². The van der Waals surface area contributed by atoms with Gasteiger partial charge in [0.2, 0.25) is 0 Å². The van der Waals surface area contributed by atoms with Crippen LogP contribution in [0.5, 0.6) is 5.75 Å². The lowest BCUT2D eigenvalue weighted by Crippen LogP contribution is -2.36. The summed E-state index contributed by atoms with van der Waals surface area (Å²) in [7, 11) is 3.04. The molecule has 6 heteroatoms. The maximum Gasteiger partial charge on any atom is 0.339 e. The van der Waals surface area contributed by atoms with E-state index in [0.29, 0.717) is 5.56 Å². The first-order valence-corrected chi connectivity index (χ1v) is 8.81. The van der Waals surface area contributed by atoms with E-state index in [1.165, 1.54) is 7.11 Å². The normalized spacial score (nSPS) is 24.0. The molecule has 2 aliphatic rings. The number of esters is 1. The maximum absolute atomic E-state index is 11.6. The molecule has 0 saturated carbocycles. The summed E-state index contributed by atoms with van der Waals surface area (Å²) < 4.78 is 16.3. The van der Waals surface area contributed by atoms with Gasteiger partial charge in [-0.1, -0.05) is 0 Å². The maximum atomic E-state index is 11.6. The molecule has 6 nitrogen and oxygen atoms in total. The van der Waals surface area contributed by atoms with Gasteiger partial charge in [0.25, 0.3) is 0 Å². The van der Waals surface area contributed by atoms with Crippen LogP contribution >= 0.6 is 0 Å². The smallest absolute Gasteiger partial charge is 0.339 e. The second-order valence-electron chi connectivity index (χ2n) is 6.64. The van der Waals surface area contributed by atoms with Gasteiger partial charge in [0.05, 0.1) is 37.6 Å². The molecular formula is C20H22N2O4. The molecule has 3 heterocycles. The fourth-order valence-corrected chi connectivity index (χ4v) is 3.90. The minimum absolute atomic E-state index is 0.0159. The molecule has 1 aromatic heterocycles. The van der Waals surface area contributed by atoms with Crippen molar-refractivity contribution in [1.29, 1.82) is 0 Å². The first kappa shape index (κ1) is 16.8. The Morgan fingerprint density at radius 1 is 1.27 bits per heavy atom. The van der Waals surface area contributed by atoms with E-state index in [1.54, 1.807) is 19.4 Å². The quantitative estimate of drug-likeness (QED) is 0.851. The molecule has 2 aromatic rings. The number of fused-ring (bicyclic) bond motifs is 3. The fraction of sp³-hybridized carbons (Fsp3) is 0.400. The van der Waals surface area contributed by atoms with Gasteiger partial charge in [-0.15, -0.1) is 0 Å². The molecule has 3 atom stereocenters. The summed E-state index contributed by atoms with van der Waals surface area (Å²) in [5, 5.41) is 3.61. The van der Waals surface area contributed by atoms with E-state index in [-0.39, 0.29) is 24.0 Å². The van der Waals surface area contributed by atoms with Crippen LogP contribution in [0.15, 0.2) is 36.5 Å². The predicted octanol–water partition coefficient (Wildman–Crippen LogP) is 3.51. The average Bonchev–Trinajstić information content (AvgIpc) is 2.72. The van der Waals surface area contributed by atoms with E-state index in [4.69, 9.17) is 14.2 Å². The Morgan fingerprint density at radius 3 is 2.88 bits per heavy atom. The Hall–Kier alpha value is -2.60. The van der Waals surface area contributed by atoms with Gasteiger partial charge < -0.3 is 19.5 Å². The van der Waals surface area contributed by atoms with E-state index in [1.807, 2.05) is 18.2 Å². The van der Waals surface area contributed by atoms with Crippen LogP contribution in [-0.4, -0.2) is 31.8 Å². The number of rotatable bonds is 3. The number of aromatic nitrogens is 1. The number of benzene rings is 1. The summed E-state index contributed by atoms with van der Waals surface area (Å²) in [6.45, 7) is 0.763. The molecule has 0 aliphatic carbocycles. The molecule has 136 valence electrons. The zero-order chi connectivity index (χ0) is 18.1. The number of ether oxygens (including phenoxy) is 3. The van der Waals surface area contributed by atoms with E-state index in [0.717, 1.165) is 42.1 Å². The fourth-order valence-electron chi connectivity index (χ4n) is 3.90. The topological polar surface area (TPSA) is 69.7 Å². The van der Waals surface area contributed by atoms with Crippen LogP contribution in [0.4, 0.5) is 5.69 Å². The molecule has 0 amide bonds. The zero-order valence-corrected chi connectivity index (χ0v) is 14.9. The molecule has 4 rings (SSSR count). The highest BCUT2D eigenvalue weighted by molar-refractivity contribution is 5.88. The van der Waals surface area contributed by atoms with Crippen molar-refractivity contribution in [2.75, 3.05) is 26.1 Å². The van der Waals surface area contributed by atoms with Gasteiger partial charge >= 0.3 is 5.97 Å². The molecule has 0 bridgehead atoms. The molecule has 0 radical (unpaired) electrons. The molecule has 0 spiro atoms. The summed E-state index contributed by atoms with van der Waals surface area (Å²) in [5.74, 6) is 0.731. The van der Waals surface area contributed by atoms with Crippen LogP contribution in [0, 0.1) is 5.92 Å². The standard InChI is InChI=1S/C20H22N2O4/c1-24-13-6-8-16-15(10-13)19-14(4-3-9-26-19)18(22-16)17-7-5-12(11-21-17)20(23)25-2/h5-8,10-11,14,18-19,22H,3-4,9H2,1-2H3/t14-,18+,19-/m1/s1. The Labute approximate surface area is 152 Å². The monoisotopic (exact) mass is 354 g/mol. The number of carbonyl (C=O) groups is 1. The first-order chi connectivity index (χ1) is 12.7. The van der Waals surface area contributed by atoms with Crippen molar-refractivity contribution in [2.24, 2.45) is 5.92 Å². The average molecular weight is 354 g/mol. The van der Waals surface area contributed by atoms with Crippen LogP contribution in [0.25, 0.3) is 0 Å². The highest BCUT2D eigenvalue weighted by Crippen LogP contribution is 2.49. The molecule has 1 saturated heterocycles. The molecule has 0 unspecified atom stereocenters. The summed E-state index contributed by atoms with van der Waals surface area (Å²) in [4.78, 5) is 16.2. The lowest BCUT2D eigenvalue weighted by molar-refractivity contribution is -0.0386. The minimum Gasteiger partial charge on any atom is -0.497 e. The number of carbonyl (C=O) groups excluding carboxylic acids is 1. The van der Waals surface area contributed by atoms with Gasteiger partial charge in [-0.05, 0) is 43.2 Å². The number of methoxy groups -OCH3 is 2. The van der Waals surface area contributed by atoms with Crippen LogP contribution < -0.4 is 10.1 Å². The largest absolute Gasteiger partial charge is 0.497 e. The minimum atomic E-state index is -0.378. The van der Waals surface area contributed by atoms with Crippen molar-refractivity contribution in [3.05, 3.63) is 53.3 Å². The highest BCUT2D eigenvalue weighted by atomic mass is 16.5. The number of hydrogen-bond acceptors (Lipinski definition) is 6. The van der Waals surface area contributed by atoms with Gasteiger partial charge in [-0.2, -0.15) is 0 Å². The summed E-state index contributed by atoms with van der Waals surface area (Å²) in [5.41, 5.74) is 3.53. The second-order valence-corrected chi connectivity index (χ2v) is 6.64. The van der Waals surface area contributed by atoms with Gasteiger partial charge in [-0.25, -0.2) is 4.79 Å². The number of anilines is 1. The number of nitrogens with zero attached hydrogens (tertiary/aromatic N) is 1. The Kier molecular flexibility index (Phi) is 4.51. The van der Waals surface area contributed by atoms with Crippen LogP contribution in [0.2, 0.25) is 0 Å². The van der Waals surface area contributed by atoms with Crippen molar-refractivity contribution in [1.82, 2.24) is 4.98 Å². The third-order valence-electron chi connectivity index (χ3n) is 5.20. The van der Waals surface area contributed by atoms with Gasteiger partial charge in [0.1, 0.15) is 5.75 Å². The highest BCUT2D eigenvalue weighted by Gasteiger charge is 2.40. The van der Waals surface area contributed by atoms with Gasteiger partial charge in [-0.3, -0.25) is 4.98 Å². The van der Waals surface area contributed by atoms with Gasteiger partial charge in [0, 0.05) is 30.0 Å². The third kappa shape index (κ3) is 2.90. The molecule has 26 heavy (non-hydrogen) atoms. The molecule has 1 aromatic carbocycles. The lowest BCUT2D eigenvalue weighted by atomic mass is 9.78. The Balaban J connectivity index is 1.69. The zero-order valence-electron chi connectivity index (χ0n) is 14.9. The number of hydrogen-bond donors (Lipinski definition) is 1.